The zero-order valence-corrected chi connectivity index (χ0v) is 11.1. The lowest BCUT2D eigenvalue weighted by Gasteiger charge is -2.09. The molecule has 2 rings (SSSR count). The van der Waals surface area contributed by atoms with Gasteiger partial charge in [0.1, 0.15) is 5.82 Å². The molecule has 19 heavy (non-hydrogen) atoms. The quantitative estimate of drug-likeness (QED) is 0.877. The maximum atomic E-state index is 13.8. The van der Waals surface area contributed by atoms with E-state index in [1.54, 1.807) is 31.2 Å². The zero-order chi connectivity index (χ0) is 13.7. The number of aryl methyl sites for hydroxylation is 1. The lowest BCUT2D eigenvalue weighted by Crippen LogP contribution is -2.02. The van der Waals surface area contributed by atoms with Crippen LogP contribution in [0.15, 0.2) is 36.4 Å². The number of anilines is 1. The predicted molar refractivity (Wildman–Crippen MR) is 74.2 cm³/mol. The van der Waals surface area contributed by atoms with Gasteiger partial charge < -0.3 is 10.1 Å². The first-order valence-corrected chi connectivity index (χ1v) is 6.34. The Bertz CT molecular complexity index is 558. The van der Waals surface area contributed by atoms with E-state index in [1.807, 2.05) is 12.1 Å². The highest BCUT2D eigenvalue weighted by Gasteiger charge is 2.07. The molecule has 0 radical (unpaired) electrons. The van der Waals surface area contributed by atoms with Crippen LogP contribution in [0.5, 0.6) is 11.6 Å². The average molecular weight is 260 g/mol. The molecule has 0 aliphatic rings. The third kappa shape index (κ3) is 3.44. The largest absolute Gasteiger partial charge is 0.436 e. The van der Waals surface area contributed by atoms with Gasteiger partial charge >= 0.3 is 0 Å². The molecule has 0 saturated heterocycles. The number of pyridine rings is 1. The van der Waals surface area contributed by atoms with E-state index in [9.17, 15) is 4.39 Å². The number of nitrogens with one attached hydrogen (secondary N) is 1. The first-order chi connectivity index (χ1) is 9.20. The Balaban J connectivity index is 2.16. The molecule has 0 unspecified atom stereocenters. The highest BCUT2D eigenvalue weighted by Crippen LogP contribution is 2.25. The van der Waals surface area contributed by atoms with E-state index in [4.69, 9.17) is 4.74 Å². The van der Waals surface area contributed by atoms with E-state index < -0.39 is 0 Å². The van der Waals surface area contributed by atoms with Gasteiger partial charge in [-0.05, 0) is 31.0 Å². The van der Waals surface area contributed by atoms with Crippen molar-refractivity contribution in [3.63, 3.8) is 0 Å². The van der Waals surface area contributed by atoms with Crippen molar-refractivity contribution >= 4 is 5.82 Å². The number of benzene rings is 1. The molecule has 0 atom stereocenters. The number of halogens is 1. The first-order valence-electron chi connectivity index (χ1n) is 6.34. The van der Waals surface area contributed by atoms with E-state index in [-0.39, 0.29) is 11.6 Å². The Hall–Kier alpha value is -2.10. The second-order valence-electron chi connectivity index (χ2n) is 4.28. The Kier molecular flexibility index (Phi) is 4.34. The van der Waals surface area contributed by atoms with Gasteiger partial charge in [0.25, 0.3) is 0 Å². The Morgan fingerprint density at radius 1 is 1.21 bits per heavy atom. The van der Waals surface area contributed by atoms with Crippen LogP contribution in [0, 0.1) is 12.7 Å². The van der Waals surface area contributed by atoms with Crippen molar-refractivity contribution in [3.05, 3.63) is 47.8 Å². The second-order valence-corrected chi connectivity index (χ2v) is 4.28. The number of hydrogen-bond donors (Lipinski definition) is 1. The summed E-state index contributed by atoms with van der Waals surface area (Å²) in [5, 5.41) is 3.16. The summed E-state index contributed by atoms with van der Waals surface area (Å²) in [5.74, 6) is 0.953. The molecule has 1 aromatic heterocycles. The van der Waals surface area contributed by atoms with E-state index >= 15 is 0 Å². The van der Waals surface area contributed by atoms with E-state index in [2.05, 4.69) is 17.2 Å². The molecule has 0 aliphatic heterocycles. The van der Waals surface area contributed by atoms with Crippen molar-refractivity contribution in [1.29, 1.82) is 0 Å². The van der Waals surface area contributed by atoms with Crippen molar-refractivity contribution < 1.29 is 9.13 Å². The molecule has 0 bridgehead atoms. The van der Waals surface area contributed by atoms with Crippen molar-refractivity contribution in [2.45, 2.75) is 20.3 Å². The second kappa shape index (κ2) is 6.18. The van der Waals surface area contributed by atoms with Crippen molar-refractivity contribution in [3.8, 4) is 11.6 Å². The van der Waals surface area contributed by atoms with Crippen LogP contribution in [0.1, 0.15) is 18.9 Å². The van der Waals surface area contributed by atoms with Gasteiger partial charge in [-0.25, -0.2) is 4.39 Å². The molecule has 0 amide bonds. The van der Waals surface area contributed by atoms with Crippen LogP contribution in [0.25, 0.3) is 0 Å². The van der Waals surface area contributed by atoms with Crippen molar-refractivity contribution in [1.82, 2.24) is 4.98 Å². The summed E-state index contributed by atoms with van der Waals surface area (Å²) in [5.41, 5.74) is 0.553. The normalized spacial score (nSPS) is 10.3. The van der Waals surface area contributed by atoms with Gasteiger partial charge in [-0.1, -0.05) is 25.1 Å². The summed E-state index contributed by atoms with van der Waals surface area (Å²) >= 11 is 0. The number of nitrogens with zero attached hydrogens (tertiary/aromatic N) is 1. The van der Waals surface area contributed by atoms with E-state index in [1.165, 1.54) is 0 Å². The van der Waals surface area contributed by atoms with Crippen molar-refractivity contribution in [2.24, 2.45) is 0 Å². The first kappa shape index (κ1) is 13.3. The molecule has 0 spiro atoms. The number of rotatable bonds is 5. The van der Waals surface area contributed by atoms with Gasteiger partial charge in [0.05, 0.1) is 0 Å². The number of ether oxygens (including phenoxy) is 1. The van der Waals surface area contributed by atoms with E-state index in [0.29, 0.717) is 11.4 Å². The summed E-state index contributed by atoms with van der Waals surface area (Å²) in [7, 11) is 0. The smallest absolute Gasteiger partial charge is 0.221 e. The van der Waals surface area contributed by atoms with Crippen LogP contribution in [-0.2, 0) is 0 Å². The van der Waals surface area contributed by atoms with Gasteiger partial charge in [-0.3, -0.25) is 0 Å². The molecule has 0 saturated carbocycles. The molecule has 0 fully saturated rings. The zero-order valence-electron chi connectivity index (χ0n) is 11.1. The summed E-state index contributed by atoms with van der Waals surface area (Å²) in [4.78, 5) is 4.28. The SMILES string of the molecule is CCCNc1cccc(Oc2cccc(C)c2F)n1. The van der Waals surface area contributed by atoms with Gasteiger partial charge in [0.15, 0.2) is 11.6 Å². The summed E-state index contributed by atoms with van der Waals surface area (Å²) in [6, 6.07) is 10.4. The predicted octanol–water partition coefficient (Wildman–Crippen LogP) is 4.14. The molecule has 1 heterocycles. The fourth-order valence-corrected chi connectivity index (χ4v) is 1.64. The highest BCUT2D eigenvalue weighted by atomic mass is 19.1. The van der Waals surface area contributed by atoms with Gasteiger partial charge in [0, 0.05) is 12.6 Å². The topological polar surface area (TPSA) is 34.1 Å². The minimum absolute atomic E-state index is 0.195. The summed E-state index contributed by atoms with van der Waals surface area (Å²) < 4.78 is 19.3. The standard InChI is InChI=1S/C15H17FN2O/c1-3-10-17-13-8-5-9-14(18-13)19-12-7-4-6-11(2)15(12)16/h4-9H,3,10H2,1-2H3,(H,17,18). The van der Waals surface area contributed by atoms with Crippen LogP contribution in [0.3, 0.4) is 0 Å². The molecule has 1 aromatic carbocycles. The molecule has 100 valence electrons. The molecule has 3 nitrogen and oxygen atoms in total. The monoisotopic (exact) mass is 260 g/mol. The number of aromatic nitrogens is 1. The lowest BCUT2D eigenvalue weighted by molar-refractivity contribution is 0.426. The lowest BCUT2D eigenvalue weighted by atomic mass is 10.2. The number of hydrogen-bond acceptors (Lipinski definition) is 3. The molecule has 4 heteroatoms. The third-order valence-corrected chi connectivity index (χ3v) is 2.65. The summed E-state index contributed by atoms with van der Waals surface area (Å²) in [6.07, 6.45) is 1.01. The van der Waals surface area contributed by atoms with Crippen molar-refractivity contribution in [2.75, 3.05) is 11.9 Å². The minimum Gasteiger partial charge on any atom is -0.436 e. The highest BCUT2D eigenvalue weighted by molar-refractivity contribution is 5.39. The fraction of sp³-hybridized carbons (Fsp3) is 0.267. The van der Waals surface area contributed by atoms with Crippen LogP contribution in [-0.4, -0.2) is 11.5 Å². The molecule has 1 N–H and O–H groups in total. The Labute approximate surface area is 112 Å². The minimum atomic E-state index is -0.351. The molecular formula is C15H17FN2O. The fourth-order valence-electron chi connectivity index (χ4n) is 1.64. The molecular weight excluding hydrogens is 243 g/mol. The van der Waals surface area contributed by atoms with Gasteiger partial charge in [0.2, 0.25) is 5.88 Å². The average Bonchev–Trinajstić information content (AvgIpc) is 2.42. The van der Waals surface area contributed by atoms with Crippen LogP contribution in [0.4, 0.5) is 10.2 Å². The van der Waals surface area contributed by atoms with E-state index in [0.717, 1.165) is 18.8 Å². The van der Waals surface area contributed by atoms with Gasteiger partial charge in [-0.15, -0.1) is 0 Å². The van der Waals surface area contributed by atoms with Crippen LogP contribution < -0.4 is 10.1 Å². The Morgan fingerprint density at radius 3 is 2.79 bits per heavy atom. The maximum Gasteiger partial charge on any atom is 0.221 e. The van der Waals surface area contributed by atoms with Crippen LogP contribution in [0.2, 0.25) is 0 Å². The Morgan fingerprint density at radius 2 is 2.00 bits per heavy atom. The molecule has 0 aliphatic carbocycles. The maximum absolute atomic E-state index is 13.8. The summed E-state index contributed by atoms with van der Waals surface area (Å²) in [6.45, 7) is 4.62. The van der Waals surface area contributed by atoms with Gasteiger partial charge in [-0.2, -0.15) is 4.98 Å². The molecule has 2 aromatic rings. The third-order valence-electron chi connectivity index (χ3n) is 2.65. The van der Waals surface area contributed by atoms with Crippen LogP contribution >= 0.6 is 0 Å².